The lowest BCUT2D eigenvalue weighted by Crippen LogP contribution is -2.01. The average Bonchev–Trinajstić information content (AvgIpc) is 2.61. The molecule has 0 saturated carbocycles. The zero-order chi connectivity index (χ0) is 17.8. The van der Waals surface area contributed by atoms with Crippen LogP contribution in [0.2, 0.25) is 0 Å². The summed E-state index contributed by atoms with van der Waals surface area (Å²) in [5.74, 6) is -0.133. The number of aromatic nitrogens is 1. The van der Waals surface area contributed by atoms with Crippen molar-refractivity contribution in [3.05, 3.63) is 59.7 Å². The van der Waals surface area contributed by atoms with Crippen molar-refractivity contribution in [3.63, 3.8) is 0 Å². The van der Waals surface area contributed by atoms with Crippen molar-refractivity contribution in [2.45, 2.75) is 26.7 Å². The van der Waals surface area contributed by atoms with Crippen molar-refractivity contribution in [2.24, 2.45) is 0 Å². The Hall–Kier alpha value is -2.88. The highest BCUT2D eigenvalue weighted by Crippen LogP contribution is 2.27. The molecule has 3 aromatic rings. The number of benzene rings is 2. The quantitative estimate of drug-likeness (QED) is 0.638. The van der Waals surface area contributed by atoms with Gasteiger partial charge in [0.25, 0.3) is 0 Å². The molecule has 0 spiro atoms. The number of nitrogens with zero attached hydrogens (tertiary/aromatic N) is 1. The second-order valence-corrected chi connectivity index (χ2v) is 6.11. The van der Waals surface area contributed by atoms with E-state index in [4.69, 9.17) is 4.74 Å². The van der Waals surface area contributed by atoms with Crippen LogP contribution in [0, 0.1) is 6.92 Å². The van der Waals surface area contributed by atoms with E-state index in [9.17, 15) is 9.90 Å². The first-order valence-electron chi connectivity index (χ1n) is 8.46. The number of hydrogen-bond donors (Lipinski definition) is 1. The number of aryl methyl sites for hydroxylation is 1. The zero-order valence-corrected chi connectivity index (χ0v) is 14.5. The van der Waals surface area contributed by atoms with Crippen LogP contribution in [0.3, 0.4) is 0 Å². The molecule has 0 fully saturated rings. The van der Waals surface area contributed by atoms with E-state index in [0.717, 1.165) is 29.7 Å². The molecule has 0 bridgehead atoms. The van der Waals surface area contributed by atoms with Crippen molar-refractivity contribution in [1.82, 2.24) is 4.98 Å². The predicted octanol–water partition coefficient (Wildman–Crippen LogP) is 5.09. The molecule has 25 heavy (non-hydrogen) atoms. The van der Waals surface area contributed by atoms with Crippen molar-refractivity contribution in [1.29, 1.82) is 0 Å². The SMILES string of the molecule is CCCCOc1ccc(-c2cc(C(=O)O)c3cc(C)ccc3n2)cc1. The van der Waals surface area contributed by atoms with Gasteiger partial charge in [0.2, 0.25) is 0 Å². The molecule has 1 heterocycles. The van der Waals surface area contributed by atoms with Gasteiger partial charge in [-0.05, 0) is 55.8 Å². The standard InChI is InChI=1S/C21H21NO3/c1-3-4-11-25-16-8-6-15(7-9-16)20-13-18(21(23)24)17-12-14(2)5-10-19(17)22-20/h5-10,12-13H,3-4,11H2,1-2H3,(H,23,24). The van der Waals surface area contributed by atoms with Crippen molar-refractivity contribution in [2.75, 3.05) is 6.61 Å². The molecule has 0 radical (unpaired) electrons. The molecule has 1 N–H and O–H groups in total. The predicted molar refractivity (Wildman–Crippen MR) is 99.3 cm³/mol. The highest BCUT2D eigenvalue weighted by Gasteiger charge is 2.13. The highest BCUT2D eigenvalue weighted by atomic mass is 16.5. The maximum atomic E-state index is 11.7. The lowest BCUT2D eigenvalue weighted by molar-refractivity contribution is 0.0699. The van der Waals surface area contributed by atoms with Crippen LogP contribution in [-0.4, -0.2) is 22.7 Å². The third-order valence-electron chi connectivity index (χ3n) is 4.11. The molecular formula is C21H21NO3. The fraction of sp³-hybridized carbons (Fsp3) is 0.238. The number of aromatic carboxylic acids is 1. The Balaban J connectivity index is 1.98. The van der Waals surface area contributed by atoms with Gasteiger partial charge in [0.15, 0.2) is 0 Å². The van der Waals surface area contributed by atoms with E-state index in [0.29, 0.717) is 23.2 Å². The number of carbonyl (C=O) groups is 1. The fourth-order valence-electron chi connectivity index (χ4n) is 2.72. The van der Waals surface area contributed by atoms with Crippen LogP contribution in [-0.2, 0) is 0 Å². The van der Waals surface area contributed by atoms with Crippen molar-refractivity contribution >= 4 is 16.9 Å². The molecule has 0 aliphatic heterocycles. The first kappa shape index (κ1) is 17.0. The summed E-state index contributed by atoms with van der Waals surface area (Å²) < 4.78 is 5.67. The zero-order valence-electron chi connectivity index (χ0n) is 14.5. The number of carboxylic acids is 1. The lowest BCUT2D eigenvalue weighted by Gasteiger charge is -2.09. The van der Waals surface area contributed by atoms with E-state index in [1.54, 1.807) is 6.07 Å². The summed E-state index contributed by atoms with van der Waals surface area (Å²) in [5, 5.41) is 10.2. The first-order chi connectivity index (χ1) is 12.1. The Morgan fingerprint density at radius 3 is 2.56 bits per heavy atom. The van der Waals surface area contributed by atoms with E-state index in [2.05, 4.69) is 11.9 Å². The van der Waals surface area contributed by atoms with Crippen molar-refractivity contribution < 1.29 is 14.6 Å². The lowest BCUT2D eigenvalue weighted by atomic mass is 10.0. The summed E-state index contributed by atoms with van der Waals surface area (Å²) in [6.07, 6.45) is 2.12. The molecule has 0 aliphatic rings. The third kappa shape index (κ3) is 3.79. The summed E-state index contributed by atoms with van der Waals surface area (Å²) in [6.45, 7) is 4.77. The van der Waals surface area contributed by atoms with Gasteiger partial charge in [-0.2, -0.15) is 0 Å². The van der Waals surface area contributed by atoms with Gasteiger partial charge in [0.05, 0.1) is 23.4 Å². The molecule has 4 heteroatoms. The van der Waals surface area contributed by atoms with Gasteiger partial charge >= 0.3 is 5.97 Å². The minimum atomic E-state index is -0.946. The maximum Gasteiger partial charge on any atom is 0.336 e. The number of hydrogen-bond acceptors (Lipinski definition) is 3. The fourth-order valence-corrected chi connectivity index (χ4v) is 2.72. The van der Waals surface area contributed by atoms with Gasteiger partial charge in [0, 0.05) is 10.9 Å². The summed E-state index contributed by atoms with van der Waals surface area (Å²) in [7, 11) is 0. The number of pyridine rings is 1. The molecular weight excluding hydrogens is 314 g/mol. The number of unbranched alkanes of at least 4 members (excludes halogenated alkanes) is 1. The van der Waals surface area contributed by atoms with Crippen LogP contribution in [0.15, 0.2) is 48.5 Å². The Labute approximate surface area is 147 Å². The Morgan fingerprint density at radius 1 is 1.12 bits per heavy atom. The normalized spacial score (nSPS) is 10.8. The van der Waals surface area contributed by atoms with Crippen molar-refractivity contribution in [3.8, 4) is 17.0 Å². The van der Waals surface area contributed by atoms with E-state index in [1.807, 2.05) is 49.4 Å². The molecule has 0 atom stereocenters. The van der Waals surface area contributed by atoms with Gasteiger partial charge in [-0.25, -0.2) is 9.78 Å². The minimum Gasteiger partial charge on any atom is -0.494 e. The topological polar surface area (TPSA) is 59.4 Å². The van der Waals surface area contributed by atoms with E-state index in [1.165, 1.54) is 0 Å². The monoisotopic (exact) mass is 335 g/mol. The highest BCUT2D eigenvalue weighted by molar-refractivity contribution is 6.03. The van der Waals surface area contributed by atoms with Crippen LogP contribution in [0.1, 0.15) is 35.7 Å². The summed E-state index contributed by atoms with van der Waals surface area (Å²) >= 11 is 0. The Morgan fingerprint density at radius 2 is 1.88 bits per heavy atom. The van der Waals surface area contributed by atoms with E-state index in [-0.39, 0.29) is 5.56 Å². The molecule has 0 aliphatic carbocycles. The van der Waals surface area contributed by atoms with Crippen LogP contribution in [0.5, 0.6) is 5.75 Å². The number of rotatable bonds is 6. The van der Waals surface area contributed by atoms with Crippen LogP contribution >= 0.6 is 0 Å². The Kier molecular flexibility index (Phi) is 4.98. The Bertz CT molecular complexity index is 901. The van der Waals surface area contributed by atoms with E-state index < -0.39 is 5.97 Å². The van der Waals surface area contributed by atoms with Gasteiger partial charge in [-0.1, -0.05) is 25.0 Å². The van der Waals surface area contributed by atoms with Gasteiger partial charge in [-0.15, -0.1) is 0 Å². The summed E-state index contributed by atoms with van der Waals surface area (Å²) in [5.41, 5.74) is 3.48. The molecule has 128 valence electrons. The number of fused-ring (bicyclic) bond motifs is 1. The summed E-state index contributed by atoms with van der Waals surface area (Å²) in [4.78, 5) is 16.3. The molecule has 3 rings (SSSR count). The maximum absolute atomic E-state index is 11.7. The molecule has 0 saturated heterocycles. The van der Waals surface area contributed by atoms with Gasteiger partial charge in [0.1, 0.15) is 5.75 Å². The summed E-state index contributed by atoms with van der Waals surface area (Å²) in [6, 6.07) is 14.9. The second kappa shape index (κ2) is 7.34. The smallest absolute Gasteiger partial charge is 0.336 e. The van der Waals surface area contributed by atoms with Crippen LogP contribution in [0.25, 0.3) is 22.2 Å². The minimum absolute atomic E-state index is 0.270. The van der Waals surface area contributed by atoms with Gasteiger partial charge in [-0.3, -0.25) is 0 Å². The van der Waals surface area contributed by atoms with E-state index >= 15 is 0 Å². The molecule has 4 nitrogen and oxygen atoms in total. The van der Waals surface area contributed by atoms with Gasteiger partial charge < -0.3 is 9.84 Å². The molecule has 1 aromatic heterocycles. The first-order valence-corrected chi connectivity index (χ1v) is 8.46. The molecule has 0 unspecified atom stereocenters. The second-order valence-electron chi connectivity index (χ2n) is 6.11. The number of carboxylic acid groups (broad SMARTS) is 1. The average molecular weight is 335 g/mol. The van der Waals surface area contributed by atoms with Crippen LogP contribution in [0.4, 0.5) is 0 Å². The molecule has 0 amide bonds. The largest absolute Gasteiger partial charge is 0.494 e. The van der Waals surface area contributed by atoms with Crippen LogP contribution < -0.4 is 4.74 Å². The number of ether oxygens (including phenoxy) is 1. The molecule has 2 aromatic carbocycles. The third-order valence-corrected chi connectivity index (χ3v) is 4.11.